The van der Waals surface area contributed by atoms with Crippen molar-refractivity contribution < 1.29 is 9.90 Å². The van der Waals surface area contributed by atoms with Crippen molar-refractivity contribution in [3.63, 3.8) is 0 Å². The highest BCUT2D eigenvalue weighted by Crippen LogP contribution is 2.24. The third-order valence-corrected chi connectivity index (χ3v) is 6.59. The largest absolute Gasteiger partial charge is 0.478 e. The fraction of sp³-hybridized carbons (Fsp3) is 0.259. The lowest BCUT2D eigenvalue weighted by atomic mass is 10.1. The molecule has 0 saturated carbocycles. The van der Waals surface area contributed by atoms with Gasteiger partial charge >= 0.3 is 5.97 Å². The van der Waals surface area contributed by atoms with Gasteiger partial charge in [0.25, 0.3) is 5.56 Å². The van der Waals surface area contributed by atoms with Crippen LogP contribution < -0.4 is 5.56 Å². The van der Waals surface area contributed by atoms with Crippen LogP contribution in [-0.2, 0) is 6.42 Å². The fourth-order valence-corrected chi connectivity index (χ4v) is 4.62. The number of carboxylic acid groups (broad SMARTS) is 1. The lowest BCUT2D eigenvalue weighted by molar-refractivity contribution is 0.0697. The minimum absolute atomic E-state index is 0.201. The number of aromatic nitrogens is 3. The third kappa shape index (κ3) is 4.84. The molecule has 0 atom stereocenters. The van der Waals surface area contributed by atoms with Crippen LogP contribution in [0.15, 0.2) is 56.8 Å². The number of benzene rings is 2. The van der Waals surface area contributed by atoms with Crippen molar-refractivity contribution in [3.8, 4) is 5.69 Å². The van der Waals surface area contributed by atoms with Crippen molar-refractivity contribution >= 4 is 39.0 Å². The SMILES string of the molecule is CCCCc1nc2ccc(Br)cc2c(=O)n1N=Cc1cc(C)n(-c2ccc(C(=O)O)cc2C)c1C. The van der Waals surface area contributed by atoms with Crippen molar-refractivity contribution in [1.29, 1.82) is 0 Å². The van der Waals surface area contributed by atoms with Gasteiger partial charge in [0.2, 0.25) is 0 Å². The summed E-state index contributed by atoms with van der Waals surface area (Å²) in [7, 11) is 0. The first kappa shape index (κ1) is 24.6. The first-order chi connectivity index (χ1) is 16.7. The molecule has 0 bridgehead atoms. The van der Waals surface area contributed by atoms with Crippen LogP contribution in [0, 0.1) is 20.8 Å². The van der Waals surface area contributed by atoms with Gasteiger partial charge in [0.15, 0.2) is 0 Å². The van der Waals surface area contributed by atoms with Gasteiger partial charge in [-0.25, -0.2) is 9.78 Å². The number of aromatic carboxylic acids is 1. The van der Waals surface area contributed by atoms with E-state index in [1.807, 2.05) is 45.0 Å². The molecule has 2 aromatic carbocycles. The molecule has 0 aliphatic heterocycles. The second-order valence-electron chi connectivity index (χ2n) is 8.62. The summed E-state index contributed by atoms with van der Waals surface area (Å²) in [5.41, 5.74) is 5.27. The first-order valence-corrected chi connectivity index (χ1v) is 12.3. The highest BCUT2D eigenvalue weighted by molar-refractivity contribution is 9.10. The summed E-state index contributed by atoms with van der Waals surface area (Å²) in [4.78, 5) is 29.4. The van der Waals surface area contributed by atoms with Gasteiger partial charge in [-0.05, 0) is 75.2 Å². The Morgan fingerprint density at radius 3 is 2.60 bits per heavy atom. The maximum atomic E-state index is 13.3. The summed E-state index contributed by atoms with van der Waals surface area (Å²) in [5, 5.41) is 14.4. The van der Waals surface area contributed by atoms with Crippen LogP contribution in [0.25, 0.3) is 16.6 Å². The van der Waals surface area contributed by atoms with E-state index in [9.17, 15) is 14.7 Å². The molecule has 4 aromatic rings. The van der Waals surface area contributed by atoms with E-state index in [-0.39, 0.29) is 11.1 Å². The second kappa shape index (κ2) is 10.00. The van der Waals surface area contributed by atoms with Crippen molar-refractivity contribution in [1.82, 2.24) is 14.2 Å². The Hall–Kier alpha value is -3.52. The summed E-state index contributed by atoms with van der Waals surface area (Å²) >= 11 is 3.44. The van der Waals surface area contributed by atoms with Crippen LogP contribution in [0.5, 0.6) is 0 Å². The lowest BCUT2D eigenvalue weighted by Crippen LogP contribution is -2.22. The molecule has 2 aromatic heterocycles. The molecule has 0 aliphatic carbocycles. The van der Waals surface area contributed by atoms with E-state index in [4.69, 9.17) is 4.98 Å². The molecule has 0 aliphatic rings. The van der Waals surface area contributed by atoms with Gasteiger partial charge in [-0.15, -0.1) is 0 Å². The smallest absolute Gasteiger partial charge is 0.335 e. The minimum Gasteiger partial charge on any atom is -0.478 e. The predicted octanol–water partition coefficient (Wildman–Crippen LogP) is 5.80. The van der Waals surface area contributed by atoms with Gasteiger partial charge < -0.3 is 9.67 Å². The van der Waals surface area contributed by atoms with E-state index in [2.05, 4.69) is 32.5 Å². The molecule has 0 unspecified atom stereocenters. The number of hydrogen-bond donors (Lipinski definition) is 1. The van der Waals surface area contributed by atoms with E-state index in [1.54, 1.807) is 24.4 Å². The standard InChI is InChI=1S/C27H27BrN4O3/c1-5-6-7-25-30-23-10-9-21(28)14-22(23)26(33)32(25)29-15-20-13-17(3)31(18(20)4)24-11-8-19(27(34)35)12-16(24)2/h8-15H,5-7H2,1-4H3,(H,34,35). The molecule has 0 fully saturated rings. The van der Waals surface area contributed by atoms with E-state index < -0.39 is 5.97 Å². The van der Waals surface area contributed by atoms with Crippen molar-refractivity contribution in [2.45, 2.75) is 47.0 Å². The summed E-state index contributed by atoms with van der Waals surface area (Å²) in [6.07, 6.45) is 4.24. The van der Waals surface area contributed by atoms with Gasteiger partial charge in [-0.2, -0.15) is 9.78 Å². The maximum absolute atomic E-state index is 13.3. The van der Waals surface area contributed by atoms with Crippen LogP contribution in [0.4, 0.5) is 0 Å². The Labute approximate surface area is 211 Å². The third-order valence-electron chi connectivity index (χ3n) is 6.10. The van der Waals surface area contributed by atoms with E-state index in [0.717, 1.165) is 45.5 Å². The van der Waals surface area contributed by atoms with Crippen LogP contribution in [0.3, 0.4) is 0 Å². The lowest BCUT2D eigenvalue weighted by Gasteiger charge is -2.13. The first-order valence-electron chi connectivity index (χ1n) is 11.5. The molecule has 180 valence electrons. The number of rotatable bonds is 7. The van der Waals surface area contributed by atoms with E-state index in [0.29, 0.717) is 23.1 Å². The molecule has 0 amide bonds. The number of nitrogens with zero attached hydrogens (tertiary/aromatic N) is 4. The van der Waals surface area contributed by atoms with Gasteiger partial charge in [0.1, 0.15) is 5.82 Å². The minimum atomic E-state index is -0.950. The molecular formula is C27H27BrN4O3. The number of fused-ring (bicyclic) bond motifs is 1. The van der Waals surface area contributed by atoms with Gasteiger partial charge in [0, 0.05) is 33.5 Å². The molecule has 0 saturated heterocycles. The number of carbonyl (C=O) groups is 1. The van der Waals surface area contributed by atoms with Crippen LogP contribution in [0.2, 0.25) is 0 Å². The van der Waals surface area contributed by atoms with E-state index in [1.165, 1.54) is 4.68 Å². The molecule has 7 nitrogen and oxygen atoms in total. The molecule has 0 radical (unpaired) electrons. The van der Waals surface area contributed by atoms with Gasteiger partial charge in [-0.1, -0.05) is 29.3 Å². The van der Waals surface area contributed by atoms with Gasteiger partial charge in [-0.3, -0.25) is 4.79 Å². The quantitative estimate of drug-likeness (QED) is 0.303. The molecule has 8 heteroatoms. The Morgan fingerprint density at radius 2 is 1.91 bits per heavy atom. The molecule has 0 spiro atoms. The summed E-state index contributed by atoms with van der Waals surface area (Å²) in [6.45, 7) is 7.97. The van der Waals surface area contributed by atoms with Crippen LogP contribution in [-0.4, -0.2) is 31.5 Å². The van der Waals surface area contributed by atoms with E-state index >= 15 is 0 Å². The second-order valence-corrected chi connectivity index (χ2v) is 9.54. The highest BCUT2D eigenvalue weighted by Gasteiger charge is 2.15. The normalized spacial score (nSPS) is 11.6. The molecular weight excluding hydrogens is 508 g/mol. The molecule has 2 heterocycles. The Kier molecular flexibility index (Phi) is 7.03. The number of hydrogen-bond acceptors (Lipinski definition) is 4. The summed E-state index contributed by atoms with van der Waals surface area (Å²) in [5.74, 6) is -0.314. The predicted molar refractivity (Wildman–Crippen MR) is 142 cm³/mol. The Balaban J connectivity index is 1.80. The molecule has 35 heavy (non-hydrogen) atoms. The average molecular weight is 535 g/mol. The molecule has 4 rings (SSSR count). The number of carboxylic acids is 1. The number of aryl methyl sites for hydroxylation is 3. The fourth-order valence-electron chi connectivity index (χ4n) is 4.26. The Morgan fingerprint density at radius 1 is 1.14 bits per heavy atom. The monoisotopic (exact) mass is 534 g/mol. The summed E-state index contributed by atoms with van der Waals surface area (Å²) < 4.78 is 4.29. The zero-order valence-corrected chi connectivity index (χ0v) is 21.8. The summed E-state index contributed by atoms with van der Waals surface area (Å²) in [6, 6.07) is 12.6. The number of unbranched alkanes of at least 4 members (excludes halogenated alkanes) is 1. The zero-order valence-electron chi connectivity index (χ0n) is 20.2. The van der Waals surface area contributed by atoms with Crippen molar-refractivity contribution in [3.05, 3.63) is 91.2 Å². The highest BCUT2D eigenvalue weighted by atomic mass is 79.9. The van der Waals surface area contributed by atoms with Crippen molar-refractivity contribution in [2.75, 3.05) is 0 Å². The topological polar surface area (TPSA) is 89.5 Å². The Bertz CT molecular complexity index is 1530. The number of halogens is 1. The average Bonchev–Trinajstić information content (AvgIpc) is 3.10. The van der Waals surface area contributed by atoms with Crippen LogP contribution >= 0.6 is 15.9 Å². The van der Waals surface area contributed by atoms with Gasteiger partial charge in [0.05, 0.1) is 22.7 Å². The molecule has 1 N–H and O–H groups in total. The zero-order chi connectivity index (χ0) is 25.3. The van der Waals surface area contributed by atoms with Crippen LogP contribution in [0.1, 0.15) is 58.5 Å². The van der Waals surface area contributed by atoms with Crippen molar-refractivity contribution in [2.24, 2.45) is 5.10 Å². The maximum Gasteiger partial charge on any atom is 0.335 e.